The minimum absolute atomic E-state index is 0.0268. The smallest absolute Gasteiger partial charge is 0.434 e. The Morgan fingerprint density at radius 3 is 1.44 bits per heavy atom. The SMILES string of the molecule is CC(C)(C)CCOC(=O)Oc1ccc(CO)cc1.C[Si](C)(C)CCOC(=O)Oc1ccc(CO)cc1. The van der Waals surface area contributed by atoms with E-state index < -0.39 is 20.4 Å². The molecule has 0 aromatic heterocycles. The summed E-state index contributed by atoms with van der Waals surface area (Å²) in [5.41, 5.74) is 1.67. The van der Waals surface area contributed by atoms with Gasteiger partial charge in [-0.2, -0.15) is 0 Å². The van der Waals surface area contributed by atoms with Gasteiger partial charge < -0.3 is 29.2 Å². The third kappa shape index (κ3) is 15.2. The second-order valence-electron chi connectivity index (χ2n) is 10.6. The van der Waals surface area contributed by atoms with Crippen molar-refractivity contribution in [2.45, 2.75) is 66.1 Å². The van der Waals surface area contributed by atoms with Gasteiger partial charge in [0.25, 0.3) is 0 Å². The van der Waals surface area contributed by atoms with Gasteiger partial charge in [0.2, 0.25) is 0 Å². The van der Waals surface area contributed by atoms with E-state index in [2.05, 4.69) is 40.4 Å². The van der Waals surface area contributed by atoms with Crippen molar-refractivity contribution in [3.63, 3.8) is 0 Å². The first-order valence-electron chi connectivity index (χ1n) is 11.9. The fourth-order valence-electron chi connectivity index (χ4n) is 2.46. The van der Waals surface area contributed by atoms with Gasteiger partial charge in [-0.3, -0.25) is 0 Å². The van der Waals surface area contributed by atoms with Crippen LogP contribution in [0.2, 0.25) is 25.7 Å². The lowest BCUT2D eigenvalue weighted by Crippen LogP contribution is -2.23. The molecule has 0 aliphatic heterocycles. The fourth-order valence-corrected chi connectivity index (χ4v) is 3.17. The van der Waals surface area contributed by atoms with Crippen LogP contribution in [-0.4, -0.2) is 43.8 Å². The molecule has 0 aliphatic carbocycles. The van der Waals surface area contributed by atoms with Gasteiger partial charge in [-0.1, -0.05) is 64.7 Å². The minimum atomic E-state index is -1.19. The van der Waals surface area contributed by atoms with Gasteiger partial charge in [0.1, 0.15) is 11.5 Å². The molecule has 0 atom stereocenters. The van der Waals surface area contributed by atoms with Crippen molar-refractivity contribution >= 4 is 20.4 Å². The maximum atomic E-state index is 11.4. The van der Waals surface area contributed by atoms with Gasteiger partial charge in [-0.25, -0.2) is 9.59 Å². The number of hydrogen-bond acceptors (Lipinski definition) is 8. The van der Waals surface area contributed by atoms with Gasteiger partial charge in [-0.05, 0) is 53.3 Å². The highest BCUT2D eigenvalue weighted by Crippen LogP contribution is 2.19. The molecule has 200 valence electrons. The first kappa shape index (κ1) is 31.1. The second kappa shape index (κ2) is 15.3. The lowest BCUT2D eigenvalue weighted by molar-refractivity contribution is 0.0886. The van der Waals surface area contributed by atoms with E-state index in [-0.39, 0.29) is 18.6 Å². The quantitative estimate of drug-likeness (QED) is 0.230. The Hall–Kier alpha value is -2.88. The van der Waals surface area contributed by atoms with E-state index in [1.165, 1.54) is 0 Å². The van der Waals surface area contributed by atoms with Gasteiger partial charge in [0.15, 0.2) is 0 Å². The van der Waals surface area contributed by atoms with E-state index >= 15 is 0 Å². The maximum Gasteiger partial charge on any atom is 0.513 e. The molecule has 2 aromatic rings. The third-order valence-corrected chi connectivity index (χ3v) is 6.46. The lowest BCUT2D eigenvalue weighted by atomic mass is 9.93. The Morgan fingerprint density at radius 2 is 1.11 bits per heavy atom. The number of benzene rings is 2. The fraction of sp³-hybridized carbons (Fsp3) is 0.481. The highest BCUT2D eigenvalue weighted by atomic mass is 28.3. The Labute approximate surface area is 215 Å². The van der Waals surface area contributed by atoms with E-state index in [1.54, 1.807) is 48.5 Å². The number of carbonyl (C=O) groups is 2. The molecular formula is C27H40O8Si. The summed E-state index contributed by atoms with van der Waals surface area (Å²) in [5, 5.41) is 17.7. The van der Waals surface area contributed by atoms with Gasteiger partial charge in [-0.15, -0.1) is 0 Å². The molecule has 0 amide bonds. The zero-order valence-electron chi connectivity index (χ0n) is 22.2. The first-order valence-corrected chi connectivity index (χ1v) is 15.6. The number of aliphatic hydroxyl groups is 2. The van der Waals surface area contributed by atoms with Crippen LogP contribution in [0, 0.1) is 5.41 Å². The average Bonchev–Trinajstić information content (AvgIpc) is 2.79. The summed E-state index contributed by atoms with van der Waals surface area (Å²) in [7, 11) is -1.19. The summed E-state index contributed by atoms with van der Waals surface area (Å²) in [6, 6.07) is 14.2. The van der Waals surface area contributed by atoms with Crippen LogP contribution in [0.1, 0.15) is 38.3 Å². The van der Waals surface area contributed by atoms with Crippen LogP contribution in [0.3, 0.4) is 0 Å². The second-order valence-corrected chi connectivity index (χ2v) is 16.2. The molecule has 0 saturated heterocycles. The Kier molecular flexibility index (Phi) is 13.2. The van der Waals surface area contributed by atoms with Crippen molar-refractivity contribution in [2.75, 3.05) is 13.2 Å². The molecule has 0 fully saturated rings. The molecule has 0 spiro atoms. The maximum absolute atomic E-state index is 11.4. The van der Waals surface area contributed by atoms with Crippen LogP contribution >= 0.6 is 0 Å². The van der Waals surface area contributed by atoms with Gasteiger partial charge >= 0.3 is 12.3 Å². The standard InChI is InChI=1S/C14H20O4.C13H20O4Si/c1-14(2,3)8-9-17-13(16)18-12-6-4-11(10-15)5-7-12;1-18(2,3)9-8-16-13(15)17-12-6-4-11(10-14)5-7-12/h4-7,15H,8-10H2,1-3H3;4-7,14H,8-10H2,1-3H3. The highest BCUT2D eigenvalue weighted by molar-refractivity contribution is 6.76. The van der Waals surface area contributed by atoms with E-state index in [0.717, 1.165) is 23.6 Å². The number of aliphatic hydroxyl groups excluding tert-OH is 2. The van der Waals surface area contributed by atoms with Gasteiger partial charge in [0.05, 0.1) is 26.4 Å². The first-order chi connectivity index (χ1) is 16.8. The van der Waals surface area contributed by atoms with Crippen LogP contribution in [0.4, 0.5) is 9.59 Å². The summed E-state index contributed by atoms with van der Waals surface area (Å²) in [6.45, 7) is 13.6. The van der Waals surface area contributed by atoms with Crippen molar-refractivity contribution in [3.05, 3.63) is 59.7 Å². The molecule has 2 N–H and O–H groups in total. The molecule has 0 unspecified atom stereocenters. The molecule has 2 aromatic carbocycles. The molecule has 36 heavy (non-hydrogen) atoms. The minimum Gasteiger partial charge on any atom is -0.434 e. The van der Waals surface area contributed by atoms with E-state index in [4.69, 9.17) is 29.2 Å². The zero-order chi connectivity index (χ0) is 27.2. The number of carbonyl (C=O) groups excluding carboxylic acids is 2. The van der Waals surface area contributed by atoms with E-state index in [0.29, 0.717) is 24.7 Å². The van der Waals surface area contributed by atoms with Crippen molar-refractivity contribution in [2.24, 2.45) is 5.41 Å². The third-order valence-electron chi connectivity index (χ3n) is 4.76. The lowest BCUT2D eigenvalue weighted by Gasteiger charge is -2.17. The normalized spacial score (nSPS) is 11.1. The zero-order valence-corrected chi connectivity index (χ0v) is 23.2. The summed E-state index contributed by atoms with van der Waals surface area (Å²) < 4.78 is 20.0. The monoisotopic (exact) mass is 520 g/mol. The average molecular weight is 521 g/mol. The summed E-state index contributed by atoms with van der Waals surface area (Å²) in [5.74, 6) is 0.832. The molecule has 2 rings (SSSR count). The molecule has 0 bridgehead atoms. The number of rotatable bonds is 9. The molecule has 0 aliphatic rings. The summed E-state index contributed by atoms with van der Waals surface area (Å²) in [6.07, 6.45) is -0.591. The number of ether oxygens (including phenoxy) is 4. The van der Waals surface area contributed by atoms with Crippen molar-refractivity contribution in [1.29, 1.82) is 0 Å². The predicted octanol–water partition coefficient (Wildman–Crippen LogP) is 6.16. The van der Waals surface area contributed by atoms with Crippen molar-refractivity contribution in [3.8, 4) is 11.5 Å². The Balaban J connectivity index is 0.000000360. The molecule has 0 heterocycles. The Bertz CT molecular complexity index is 835. The van der Waals surface area contributed by atoms with Gasteiger partial charge in [0, 0.05) is 8.07 Å². The van der Waals surface area contributed by atoms with Crippen molar-refractivity contribution in [1.82, 2.24) is 0 Å². The van der Waals surface area contributed by atoms with Crippen LogP contribution in [0.15, 0.2) is 48.5 Å². The van der Waals surface area contributed by atoms with Crippen molar-refractivity contribution < 1.29 is 38.7 Å². The number of hydrogen-bond donors (Lipinski definition) is 2. The highest BCUT2D eigenvalue weighted by Gasteiger charge is 2.15. The van der Waals surface area contributed by atoms with E-state index in [1.807, 2.05) is 0 Å². The largest absolute Gasteiger partial charge is 0.513 e. The molecule has 0 saturated carbocycles. The molecule has 0 radical (unpaired) electrons. The van der Waals surface area contributed by atoms with Crippen LogP contribution in [0.25, 0.3) is 0 Å². The van der Waals surface area contributed by atoms with E-state index in [9.17, 15) is 9.59 Å². The molecule has 9 heteroatoms. The molecular weight excluding hydrogens is 480 g/mol. The van der Waals surface area contributed by atoms with Crippen LogP contribution < -0.4 is 9.47 Å². The molecule has 8 nitrogen and oxygen atoms in total. The summed E-state index contributed by atoms with van der Waals surface area (Å²) in [4.78, 5) is 22.7. The topological polar surface area (TPSA) is 112 Å². The summed E-state index contributed by atoms with van der Waals surface area (Å²) >= 11 is 0. The van der Waals surface area contributed by atoms with Crippen LogP contribution in [0.5, 0.6) is 11.5 Å². The predicted molar refractivity (Wildman–Crippen MR) is 141 cm³/mol. The van der Waals surface area contributed by atoms with Crippen LogP contribution in [-0.2, 0) is 22.7 Å². The Morgan fingerprint density at radius 1 is 0.722 bits per heavy atom.